The van der Waals surface area contributed by atoms with E-state index in [9.17, 15) is 0 Å². The Labute approximate surface area is 135 Å². The van der Waals surface area contributed by atoms with Crippen molar-refractivity contribution in [3.05, 3.63) is 60.2 Å². The summed E-state index contributed by atoms with van der Waals surface area (Å²) in [4.78, 5) is 11.3. The lowest BCUT2D eigenvalue weighted by Crippen LogP contribution is -2.39. The van der Waals surface area contributed by atoms with Crippen LogP contribution in [0.1, 0.15) is 17.8 Å². The normalized spacial score (nSPS) is 22.0. The number of fused-ring (bicyclic) bond motifs is 1. The molecule has 0 aliphatic carbocycles. The Morgan fingerprint density at radius 1 is 1.22 bits per heavy atom. The van der Waals surface area contributed by atoms with Crippen molar-refractivity contribution in [1.82, 2.24) is 19.4 Å². The van der Waals surface area contributed by atoms with Gasteiger partial charge >= 0.3 is 0 Å². The van der Waals surface area contributed by atoms with Crippen LogP contribution in [0.4, 0.5) is 0 Å². The van der Waals surface area contributed by atoms with Gasteiger partial charge in [0.15, 0.2) is 0 Å². The van der Waals surface area contributed by atoms with E-state index in [1.165, 1.54) is 5.56 Å². The number of benzene rings is 1. The van der Waals surface area contributed by atoms with Crippen LogP contribution in [-0.4, -0.2) is 32.5 Å². The molecular weight excluding hydrogens is 286 g/mol. The SMILES string of the molecule is Cn1c(CN2CCC(N)(c3ccccc3)C2)nc2ccncc21. The van der Waals surface area contributed by atoms with E-state index in [-0.39, 0.29) is 5.54 Å². The van der Waals surface area contributed by atoms with Gasteiger partial charge in [0.05, 0.1) is 29.3 Å². The van der Waals surface area contributed by atoms with Crippen molar-refractivity contribution in [2.24, 2.45) is 12.8 Å². The van der Waals surface area contributed by atoms with Gasteiger partial charge in [0.25, 0.3) is 0 Å². The number of pyridine rings is 1. The highest BCUT2D eigenvalue weighted by atomic mass is 15.2. The van der Waals surface area contributed by atoms with E-state index in [4.69, 9.17) is 10.7 Å². The largest absolute Gasteiger partial charge is 0.329 e. The van der Waals surface area contributed by atoms with Gasteiger partial charge in [-0.1, -0.05) is 30.3 Å². The second-order valence-corrected chi connectivity index (χ2v) is 6.43. The minimum atomic E-state index is -0.257. The molecule has 0 spiro atoms. The number of hydrogen-bond donors (Lipinski definition) is 1. The second-order valence-electron chi connectivity index (χ2n) is 6.43. The molecule has 3 aromatic rings. The Bertz CT molecular complexity index is 826. The van der Waals surface area contributed by atoms with Crippen LogP contribution < -0.4 is 5.73 Å². The van der Waals surface area contributed by atoms with Crippen molar-refractivity contribution in [3.63, 3.8) is 0 Å². The first kappa shape index (κ1) is 14.4. The molecule has 5 nitrogen and oxygen atoms in total. The lowest BCUT2D eigenvalue weighted by molar-refractivity contribution is 0.295. The minimum Gasteiger partial charge on any atom is -0.329 e. The molecule has 1 saturated heterocycles. The van der Waals surface area contributed by atoms with Gasteiger partial charge in [0, 0.05) is 26.3 Å². The molecule has 3 heterocycles. The van der Waals surface area contributed by atoms with Crippen molar-refractivity contribution in [3.8, 4) is 0 Å². The van der Waals surface area contributed by atoms with E-state index in [0.29, 0.717) is 0 Å². The third kappa shape index (κ3) is 2.52. The van der Waals surface area contributed by atoms with Crippen molar-refractivity contribution in [2.75, 3.05) is 13.1 Å². The minimum absolute atomic E-state index is 0.257. The van der Waals surface area contributed by atoms with E-state index < -0.39 is 0 Å². The third-order valence-corrected chi connectivity index (χ3v) is 4.87. The standard InChI is InChI=1S/C18H21N5/c1-22-16-11-20-9-7-15(16)21-17(22)12-23-10-8-18(19,13-23)14-5-3-2-4-6-14/h2-7,9,11H,8,10,12-13,19H2,1H3. The van der Waals surface area contributed by atoms with Crippen LogP contribution in [0.15, 0.2) is 48.8 Å². The van der Waals surface area contributed by atoms with Crippen LogP contribution in [0.5, 0.6) is 0 Å². The lowest BCUT2D eigenvalue weighted by atomic mass is 9.90. The van der Waals surface area contributed by atoms with Crippen LogP contribution in [0.3, 0.4) is 0 Å². The molecule has 1 unspecified atom stereocenters. The zero-order valence-electron chi connectivity index (χ0n) is 13.3. The molecule has 5 heteroatoms. The van der Waals surface area contributed by atoms with Gasteiger partial charge in [-0.15, -0.1) is 0 Å². The van der Waals surface area contributed by atoms with E-state index in [1.54, 1.807) is 6.20 Å². The van der Waals surface area contributed by atoms with Crippen LogP contribution in [-0.2, 0) is 19.1 Å². The van der Waals surface area contributed by atoms with Gasteiger partial charge in [0.2, 0.25) is 0 Å². The molecule has 1 aromatic carbocycles. The fourth-order valence-corrected chi connectivity index (χ4v) is 3.48. The smallest absolute Gasteiger partial charge is 0.123 e. The molecule has 2 N–H and O–H groups in total. The Kier molecular flexibility index (Phi) is 3.39. The molecule has 118 valence electrons. The zero-order chi connectivity index (χ0) is 15.9. The Hall–Kier alpha value is -2.24. The average molecular weight is 307 g/mol. The summed E-state index contributed by atoms with van der Waals surface area (Å²) in [7, 11) is 2.05. The highest BCUT2D eigenvalue weighted by molar-refractivity contribution is 5.74. The predicted molar refractivity (Wildman–Crippen MR) is 90.7 cm³/mol. The summed E-state index contributed by atoms with van der Waals surface area (Å²) in [5.74, 6) is 1.06. The molecule has 4 rings (SSSR count). The van der Waals surface area contributed by atoms with E-state index >= 15 is 0 Å². The number of hydrogen-bond acceptors (Lipinski definition) is 4. The molecule has 1 atom stereocenters. The Morgan fingerprint density at radius 3 is 2.83 bits per heavy atom. The maximum absolute atomic E-state index is 6.66. The fraction of sp³-hybridized carbons (Fsp3) is 0.333. The van der Waals surface area contributed by atoms with Crippen molar-refractivity contribution in [1.29, 1.82) is 0 Å². The van der Waals surface area contributed by atoms with Gasteiger partial charge in [-0.25, -0.2) is 4.98 Å². The van der Waals surface area contributed by atoms with Gasteiger partial charge in [-0.05, 0) is 18.1 Å². The molecule has 0 radical (unpaired) electrons. The zero-order valence-corrected chi connectivity index (χ0v) is 13.3. The second kappa shape index (κ2) is 5.44. The van der Waals surface area contributed by atoms with E-state index in [1.807, 2.05) is 18.3 Å². The summed E-state index contributed by atoms with van der Waals surface area (Å²) < 4.78 is 2.13. The molecule has 0 saturated carbocycles. The molecule has 0 bridgehead atoms. The summed E-state index contributed by atoms with van der Waals surface area (Å²) in [6.07, 6.45) is 4.63. The van der Waals surface area contributed by atoms with Crippen LogP contribution in [0.2, 0.25) is 0 Å². The monoisotopic (exact) mass is 307 g/mol. The summed E-state index contributed by atoms with van der Waals surface area (Å²) in [6, 6.07) is 12.4. The van der Waals surface area contributed by atoms with E-state index in [2.05, 4.69) is 45.8 Å². The number of nitrogens with two attached hydrogens (primary N) is 1. The highest BCUT2D eigenvalue weighted by Crippen LogP contribution is 2.30. The van der Waals surface area contributed by atoms with Crippen LogP contribution in [0.25, 0.3) is 11.0 Å². The van der Waals surface area contributed by atoms with Gasteiger partial charge in [-0.3, -0.25) is 9.88 Å². The number of aromatic nitrogens is 3. The maximum atomic E-state index is 6.66. The summed E-state index contributed by atoms with van der Waals surface area (Å²) in [6.45, 7) is 2.67. The first-order chi connectivity index (χ1) is 11.2. The van der Waals surface area contributed by atoms with Crippen LogP contribution in [0, 0.1) is 0 Å². The van der Waals surface area contributed by atoms with Gasteiger partial charge < -0.3 is 10.3 Å². The number of likely N-dealkylation sites (tertiary alicyclic amines) is 1. The lowest BCUT2D eigenvalue weighted by Gasteiger charge is -2.25. The summed E-state index contributed by atoms with van der Waals surface area (Å²) in [5.41, 5.74) is 9.69. The molecule has 23 heavy (non-hydrogen) atoms. The van der Waals surface area contributed by atoms with Crippen LogP contribution >= 0.6 is 0 Å². The quantitative estimate of drug-likeness (QED) is 0.804. The first-order valence-corrected chi connectivity index (χ1v) is 7.98. The molecule has 2 aromatic heterocycles. The first-order valence-electron chi connectivity index (χ1n) is 7.98. The highest BCUT2D eigenvalue weighted by Gasteiger charge is 2.36. The van der Waals surface area contributed by atoms with Crippen molar-refractivity contribution < 1.29 is 0 Å². The molecular formula is C18H21N5. The average Bonchev–Trinajstić information content (AvgIpc) is 3.11. The summed E-state index contributed by atoms with van der Waals surface area (Å²) in [5, 5.41) is 0. The molecule has 1 aliphatic heterocycles. The molecule has 1 aliphatic rings. The Morgan fingerprint density at radius 2 is 2.04 bits per heavy atom. The molecule has 0 amide bonds. The Balaban J connectivity index is 1.55. The number of rotatable bonds is 3. The van der Waals surface area contributed by atoms with Gasteiger partial charge in [-0.2, -0.15) is 0 Å². The van der Waals surface area contributed by atoms with Gasteiger partial charge in [0.1, 0.15) is 5.82 Å². The van der Waals surface area contributed by atoms with E-state index in [0.717, 1.165) is 42.9 Å². The topological polar surface area (TPSA) is 60.0 Å². The predicted octanol–water partition coefficient (Wildman–Crippen LogP) is 2.03. The number of aryl methyl sites for hydroxylation is 1. The third-order valence-electron chi connectivity index (χ3n) is 4.87. The number of imidazole rings is 1. The fourth-order valence-electron chi connectivity index (χ4n) is 3.48. The summed E-state index contributed by atoms with van der Waals surface area (Å²) >= 11 is 0. The van der Waals surface area contributed by atoms with Crippen molar-refractivity contribution in [2.45, 2.75) is 18.5 Å². The molecule has 1 fully saturated rings. The van der Waals surface area contributed by atoms with Crippen molar-refractivity contribution >= 4 is 11.0 Å². The number of nitrogens with zero attached hydrogens (tertiary/aromatic N) is 4. The maximum Gasteiger partial charge on any atom is 0.123 e.